The third kappa shape index (κ3) is 6.14. The second kappa shape index (κ2) is 12.1. The lowest BCUT2D eigenvalue weighted by molar-refractivity contribution is 0.112. The molecule has 0 bridgehead atoms. The number of piperidine rings is 1. The van der Waals surface area contributed by atoms with Crippen molar-refractivity contribution in [2.75, 3.05) is 38.8 Å². The van der Waals surface area contributed by atoms with E-state index in [-0.39, 0.29) is 0 Å². The van der Waals surface area contributed by atoms with Gasteiger partial charge in [0.1, 0.15) is 29.4 Å². The standard InChI is InChI=1S/C28H43N3O3/c1-20(2)31-15-9-13-24(21(31)3)29-27-18-26(33-17-16-32-4)23-12-8-14-25(28(23)30-27)34-19-22-10-6-5-7-11-22/h8,12,14,18,20-22,24H,5-7,9-11,13,15-17,19H2,1-4H3,(H,29,30). The van der Waals surface area contributed by atoms with Crippen LogP contribution in [0.3, 0.4) is 0 Å². The molecule has 1 aromatic heterocycles. The van der Waals surface area contributed by atoms with E-state index < -0.39 is 0 Å². The Labute approximate surface area is 205 Å². The fraction of sp³-hybridized carbons (Fsp3) is 0.679. The molecule has 2 fully saturated rings. The van der Waals surface area contributed by atoms with Crippen LogP contribution < -0.4 is 14.8 Å². The first kappa shape index (κ1) is 25.1. The van der Waals surface area contributed by atoms with Crippen LogP contribution >= 0.6 is 0 Å². The van der Waals surface area contributed by atoms with Crippen molar-refractivity contribution in [1.82, 2.24) is 9.88 Å². The maximum atomic E-state index is 6.38. The van der Waals surface area contributed by atoms with Gasteiger partial charge in [-0.15, -0.1) is 0 Å². The van der Waals surface area contributed by atoms with E-state index in [1.54, 1.807) is 7.11 Å². The lowest BCUT2D eigenvalue weighted by atomic mass is 9.90. The van der Waals surface area contributed by atoms with Crippen molar-refractivity contribution in [2.45, 2.75) is 83.8 Å². The third-order valence-electron chi connectivity index (χ3n) is 7.54. The largest absolute Gasteiger partial charge is 0.491 e. The summed E-state index contributed by atoms with van der Waals surface area (Å²) < 4.78 is 17.7. The number of aromatic nitrogens is 1. The predicted molar refractivity (Wildman–Crippen MR) is 139 cm³/mol. The van der Waals surface area contributed by atoms with Gasteiger partial charge in [-0.1, -0.05) is 25.3 Å². The summed E-state index contributed by atoms with van der Waals surface area (Å²) in [6, 6.07) is 9.54. The molecule has 2 heterocycles. The maximum Gasteiger partial charge on any atom is 0.145 e. The van der Waals surface area contributed by atoms with E-state index in [2.05, 4.69) is 37.1 Å². The molecule has 0 amide bonds. The number of anilines is 1. The summed E-state index contributed by atoms with van der Waals surface area (Å²) in [4.78, 5) is 7.64. The first-order valence-electron chi connectivity index (χ1n) is 13.3. The second-order valence-electron chi connectivity index (χ2n) is 10.3. The van der Waals surface area contributed by atoms with E-state index in [0.29, 0.717) is 37.3 Å². The van der Waals surface area contributed by atoms with E-state index in [4.69, 9.17) is 19.2 Å². The number of benzene rings is 1. The third-order valence-corrected chi connectivity index (χ3v) is 7.54. The molecule has 1 saturated heterocycles. The van der Waals surface area contributed by atoms with E-state index in [1.165, 1.54) is 38.5 Å². The predicted octanol–water partition coefficient (Wildman–Crippen LogP) is 5.89. The molecule has 188 valence electrons. The van der Waals surface area contributed by atoms with Crippen LogP contribution in [0.15, 0.2) is 24.3 Å². The summed E-state index contributed by atoms with van der Waals surface area (Å²) in [7, 11) is 1.70. The number of pyridine rings is 1. The summed E-state index contributed by atoms with van der Waals surface area (Å²) in [6.45, 7) is 9.87. The minimum absolute atomic E-state index is 0.350. The molecule has 1 aliphatic carbocycles. The van der Waals surface area contributed by atoms with Gasteiger partial charge in [-0.25, -0.2) is 4.98 Å². The normalized spacial score (nSPS) is 22.3. The molecular formula is C28H43N3O3. The summed E-state index contributed by atoms with van der Waals surface area (Å²) in [5, 5.41) is 4.74. The van der Waals surface area contributed by atoms with Crippen LogP contribution in [0.5, 0.6) is 11.5 Å². The van der Waals surface area contributed by atoms with Crippen LogP contribution in [0.25, 0.3) is 10.9 Å². The molecule has 2 aliphatic rings. The fourth-order valence-corrected chi connectivity index (χ4v) is 5.58. The Morgan fingerprint density at radius 1 is 1.03 bits per heavy atom. The first-order chi connectivity index (χ1) is 16.6. The molecule has 2 aromatic rings. The number of hydrogen-bond acceptors (Lipinski definition) is 6. The van der Waals surface area contributed by atoms with E-state index in [9.17, 15) is 0 Å². The summed E-state index contributed by atoms with van der Waals surface area (Å²) in [6.07, 6.45) is 8.87. The van der Waals surface area contributed by atoms with E-state index >= 15 is 0 Å². The zero-order valence-electron chi connectivity index (χ0n) is 21.5. The van der Waals surface area contributed by atoms with Gasteiger partial charge in [-0.2, -0.15) is 0 Å². The van der Waals surface area contributed by atoms with Crippen molar-refractivity contribution in [3.63, 3.8) is 0 Å². The van der Waals surface area contributed by atoms with Gasteiger partial charge in [0.25, 0.3) is 0 Å². The Kier molecular flexibility index (Phi) is 8.90. The highest BCUT2D eigenvalue weighted by atomic mass is 16.5. The SMILES string of the molecule is COCCOc1cc(NC2CCCN(C(C)C)C2C)nc2c(OCC3CCCCC3)cccc12. The highest BCUT2D eigenvalue weighted by molar-refractivity contribution is 5.91. The molecule has 6 heteroatoms. The molecule has 2 atom stereocenters. The van der Waals surface area contributed by atoms with Crippen molar-refractivity contribution < 1.29 is 14.2 Å². The van der Waals surface area contributed by atoms with Gasteiger partial charge in [0, 0.05) is 36.7 Å². The number of likely N-dealkylation sites (tertiary alicyclic amines) is 1. The van der Waals surface area contributed by atoms with Crippen LogP contribution in [-0.2, 0) is 4.74 Å². The lowest BCUT2D eigenvalue weighted by Gasteiger charge is -2.42. The molecule has 4 rings (SSSR count). The number of para-hydroxylation sites is 1. The van der Waals surface area contributed by atoms with Gasteiger partial charge in [0.2, 0.25) is 0 Å². The van der Waals surface area contributed by atoms with Crippen molar-refractivity contribution in [2.24, 2.45) is 5.92 Å². The fourth-order valence-electron chi connectivity index (χ4n) is 5.58. The summed E-state index contributed by atoms with van der Waals surface area (Å²) in [5.74, 6) is 3.18. The van der Waals surface area contributed by atoms with Gasteiger partial charge < -0.3 is 19.5 Å². The molecule has 1 aliphatic heterocycles. The number of methoxy groups -OCH3 is 1. The quantitative estimate of drug-likeness (QED) is 0.438. The Morgan fingerprint density at radius 2 is 1.85 bits per heavy atom. The molecule has 0 radical (unpaired) electrons. The van der Waals surface area contributed by atoms with Gasteiger partial charge in [0.05, 0.1) is 13.2 Å². The zero-order chi connectivity index (χ0) is 23.9. The monoisotopic (exact) mass is 469 g/mol. The summed E-state index contributed by atoms with van der Waals surface area (Å²) >= 11 is 0. The Balaban J connectivity index is 1.60. The Hall–Kier alpha value is -2.05. The van der Waals surface area contributed by atoms with Gasteiger partial charge >= 0.3 is 0 Å². The number of rotatable bonds is 10. The molecule has 1 N–H and O–H groups in total. The highest BCUT2D eigenvalue weighted by Gasteiger charge is 2.30. The number of nitrogens with zero attached hydrogens (tertiary/aromatic N) is 2. The Morgan fingerprint density at radius 3 is 2.62 bits per heavy atom. The minimum atomic E-state index is 0.350. The smallest absolute Gasteiger partial charge is 0.145 e. The van der Waals surface area contributed by atoms with E-state index in [0.717, 1.165) is 47.8 Å². The number of hydrogen-bond donors (Lipinski definition) is 1. The maximum absolute atomic E-state index is 6.38. The number of ether oxygens (including phenoxy) is 3. The lowest BCUT2D eigenvalue weighted by Crippen LogP contribution is -2.52. The second-order valence-corrected chi connectivity index (χ2v) is 10.3. The van der Waals surface area contributed by atoms with Crippen LogP contribution in [-0.4, -0.2) is 61.5 Å². The van der Waals surface area contributed by atoms with Gasteiger partial charge in [0.15, 0.2) is 0 Å². The molecule has 6 nitrogen and oxygen atoms in total. The van der Waals surface area contributed by atoms with Crippen LogP contribution in [0, 0.1) is 5.92 Å². The molecule has 1 saturated carbocycles. The Bertz CT molecular complexity index is 913. The van der Waals surface area contributed by atoms with Crippen molar-refractivity contribution in [3.05, 3.63) is 24.3 Å². The van der Waals surface area contributed by atoms with Gasteiger partial charge in [-0.3, -0.25) is 4.90 Å². The summed E-state index contributed by atoms with van der Waals surface area (Å²) in [5.41, 5.74) is 0.875. The minimum Gasteiger partial charge on any atom is -0.491 e. The molecule has 0 spiro atoms. The zero-order valence-corrected chi connectivity index (χ0v) is 21.5. The van der Waals surface area contributed by atoms with Crippen LogP contribution in [0.2, 0.25) is 0 Å². The molecule has 2 unspecified atom stereocenters. The van der Waals surface area contributed by atoms with Crippen LogP contribution in [0.1, 0.15) is 65.7 Å². The first-order valence-corrected chi connectivity index (χ1v) is 13.3. The average molecular weight is 470 g/mol. The van der Waals surface area contributed by atoms with Crippen molar-refractivity contribution in [1.29, 1.82) is 0 Å². The van der Waals surface area contributed by atoms with Crippen LogP contribution in [0.4, 0.5) is 5.82 Å². The van der Waals surface area contributed by atoms with E-state index in [1.807, 2.05) is 18.2 Å². The highest BCUT2D eigenvalue weighted by Crippen LogP contribution is 2.35. The van der Waals surface area contributed by atoms with Gasteiger partial charge in [-0.05, 0) is 71.0 Å². The molecular weight excluding hydrogens is 426 g/mol. The van der Waals surface area contributed by atoms with Crippen molar-refractivity contribution in [3.8, 4) is 11.5 Å². The van der Waals surface area contributed by atoms with Crippen molar-refractivity contribution >= 4 is 16.7 Å². The number of nitrogens with one attached hydrogen (secondary N) is 1. The number of fused-ring (bicyclic) bond motifs is 1. The average Bonchev–Trinajstić information content (AvgIpc) is 2.84. The molecule has 1 aromatic carbocycles. The topological polar surface area (TPSA) is 55.9 Å². The molecule has 34 heavy (non-hydrogen) atoms.